The van der Waals surface area contributed by atoms with Crippen molar-refractivity contribution in [3.05, 3.63) is 0 Å². The molecule has 2 saturated carbocycles. The number of hydrogen-bond acceptors (Lipinski definition) is 1. The Hall–Kier alpha value is -0.530. The summed E-state index contributed by atoms with van der Waals surface area (Å²) in [6, 6.07) is 0. The van der Waals surface area contributed by atoms with Gasteiger partial charge in [0.25, 0.3) is 0 Å². The topological polar surface area (TPSA) is 37.3 Å². The number of carbonyl (C=O) groups is 1. The second kappa shape index (κ2) is 3.00. The number of aliphatic carboxylic acids is 1. The normalized spacial score (nSPS) is 40.2. The van der Waals surface area contributed by atoms with Gasteiger partial charge in [-0.1, -0.05) is 32.1 Å². The molecule has 74 valence electrons. The van der Waals surface area contributed by atoms with Gasteiger partial charge in [-0.25, -0.2) is 0 Å². The number of rotatable bonds is 2. The van der Waals surface area contributed by atoms with Gasteiger partial charge in [-0.3, -0.25) is 4.79 Å². The van der Waals surface area contributed by atoms with Crippen molar-refractivity contribution in [1.29, 1.82) is 0 Å². The molecule has 0 spiro atoms. The highest BCUT2D eigenvalue weighted by Gasteiger charge is 2.58. The molecule has 0 heterocycles. The van der Waals surface area contributed by atoms with Crippen molar-refractivity contribution < 1.29 is 9.90 Å². The maximum absolute atomic E-state index is 10.9. The highest BCUT2D eigenvalue weighted by Crippen LogP contribution is 2.59. The van der Waals surface area contributed by atoms with Crippen molar-refractivity contribution in [2.24, 2.45) is 17.3 Å². The van der Waals surface area contributed by atoms with Crippen molar-refractivity contribution in [3.8, 4) is 0 Å². The lowest BCUT2D eigenvalue weighted by Gasteiger charge is -2.22. The Kier molecular flexibility index (Phi) is 2.09. The summed E-state index contributed by atoms with van der Waals surface area (Å²) >= 11 is 0. The van der Waals surface area contributed by atoms with E-state index < -0.39 is 5.97 Å². The highest BCUT2D eigenvalue weighted by molar-refractivity contribution is 5.78. The molecule has 0 saturated heterocycles. The van der Waals surface area contributed by atoms with Crippen molar-refractivity contribution in [3.63, 3.8) is 0 Å². The quantitative estimate of drug-likeness (QED) is 0.713. The fraction of sp³-hybridized carbons (Fsp3) is 0.909. The van der Waals surface area contributed by atoms with E-state index in [0.29, 0.717) is 5.92 Å². The Morgan fingerprint density at radius 2 is 1.92 bits per heavy atom. The van der Waals surface area contributed by atoms with Crippen LogP contribution in [0.4, 0.5) is 0 Å². The summed E-state index contributed by atoms with van der Waals surface area (Å²) in [5, 5.41) is 9.01. The Morgan fingerprint density at radius 1 is 1.31 bits per heavy atom. The first-order valence-electron chi connectivity index (χ1n) is 5.38. The zero-order chi connectivity index (χ0) is 9.47. The fourth-order valence-electron chi connectivity index (χ4n) is 2.87. The predicted octanol–water partition coefficient (Wildman–Crippen LogP) is 2.68. The molecule has 0 aliphatic heterocycles. The molecule has 2 rings (SSSR count). The van der Waals surface area contributed by atoms with Gasteiger partial charge in [0.1, 0.15) is 0 Å². The predicted molar refractivity (Wildman–Crippen MR) is 50.4 cm³/mol. The first-order valence-corrected chi connectivity index (χ1v) is 5.38. The van der Waals surface area contributed by atoms with E-state index in [1.54, 1.807) is 0 Å². The number of carboxylic acids is 1. The van der Waals surface area contributed by atoms with Gasteiger partial charge in [0.05, 0.1) is 5.41 Å². The minimum atomic E-state index is -0.580. The standard InChI is InChI=1S/C11H18O2/c1-11(10(12)13)7-9(11)8-5-3-2-4-6-8/h8-9H,2-7H2,1H3,(H,12,13)/t9-,11+/m1/s1. The van der Waals surface area contributed by atoms with E-state index in [1.165, 1.54) is 32.1 Å². The molecule has 2 heteroatoms. The lowest BCUT2D eigenvalue weighted by atomic mass is 9.83. The van der Waals surface area contributed by atoms with Crippen LogP contribution in [0, 0.1) is 17.3 Å². The van der Waals surface area contributed by atoms with E-state index in [0.717, 1.165) is 12.3 Å². The third kappa shape index (κ3) is 1.47. The zero-order valence-corrected chi connectivity index (χ0v) is 8.25. The van der Waals surface area contributed by atoms with Crippen molar-refractivity contribution in [2.75, 3.05) is 0 Å². The van der Waals surface area contributed by atoms with Crippen LogP contribution in [0.25, 0.3) is 0 Å². The average Bonchev–Trinajstić information content (AvgIpc) is 2.81. The molecule has 0 aromatic carbocycles. The third-order valence-corrected chi connectivity index (χ3v) is 4.01. The molecule has 0 radical (unpaired) electrons. The smallest absolute Gasteiger partial charge is 0.309 e. The van der Waals surface area contributed by atoms with Gasteiger partial charge in [-0.15, -0.1) is 0 Å². The van der Waals surface area contributed by atoms with E-state index in [1.807, 2.05) is 6.92 Å². The van der Waals surface area contributed by atoms with Crippen LogP contribution < -0.4 is 0 Å². The van der Waals surface area contributed by atoms with Gasteiger partial charge in [0.2, 0.25) is 0 Å². The second-order valence-corrected chi connectivity index (χ2v) is 4.93. The molecule has 2 atom stereocenters. The summed E-state index contributed by atoms with van der Waals surface area (Å²) in [6.07, 6.45) is 7.45. The molecule has 13 heavy (non-hydrogen) atoms. The highest BCUT2D eigenvalue weighted by atomic mass is 16.4. The van der Waals surface area contributed by atoms with Crippen LogP contribution in [0.3, 0.4) is 0 Å². The summed E-state index contributed by atoms with van der Waals surface area (Å²) in [4.78, 5) is 10.9. The third-order valence-electron chi connectivity index (χ3n) is 4.01. The van der Waals surface area contributed by atoms with Crippen molar-refractivity contribution in [2.45, 2.75) is 45.4 Å². The molecule has 0 bridgehead atoms. The van der Waals surface area contributed by atoms with Crippen LogP contribution in [0.2, 0.25) is 0 Å². The average molecular weight is 182 g/mol. The summed E-state index contributed by atoms with van der Waals surface area (Å²) in [6.45, 7) is 1.91. The first-order chi connectivity index (χ1) is 6.14. The second-order valence-electron chi connectivity index (χ2n) is 4.93. The van der Waals surface area contributed by atoms with Crippen molar-refractivity contribution >= 4 is 5.97 Å². The summed E-state index contributed by atoms with van der Waals surface area (Å²) in [7, 11) is 0. The molecule has 2 aliphatic carbocycles. The maximum Gasteiger partial charge on any atom is 0.309 e. The van der Waals surface area contributed by atoms with E-state index in [9.17, 15) is 4.79 Å². The Labute approximate surface area is 79.3 Å². The summed E-state index contributed by atoms with van der Waals surface area (Å²) < 4.78 is 0. The molecule has 0 amide bonds. The Morgan fingerprint density at radius 3 is 2.38 bits per heavy atom. The molecular formula is C11H18O2. The van der Waals surface area contributed by atoms with Crippen LogP contribution in [0.5, 0.6) is 0 Å². The Balaban J connectivity index is 1.94. The van der Waals surface area contributed by atoms with Crippen LogP contribution in [0.1, 0.15) is 45.4 Å². The van der Waals surface area contributed by atoms with Gasteiger partial charge < -0.3 is 5.11 Å². The van der Waals surface area contributed by atoms with Gasteiger partial charge in [-0.2, -0.15) is 0 Å². The minimum absolute atomic E-state index is 0.359. The van der Waals surface area contributed by atoms with Gasteiger partial charge in [0.15, 0.2) is 0 Å². The SMILES string of the molecule is C[C@]1(C(=O)O)C[C@@H]1C1CCCCC1. The monoisotopic (exact) mass is 182 g/mol. The molecule has 2 nitrogen and oxygen atoms in total. The van der Waals surface area contributed by atoms with E-state index >= 15 is 0 Å². The van der Waals surface area contributed by atoms with E-state index in [2.05, 4.69) is 0 Å². The van der Waals surface area contributed by atoms with E-state index in [-0.39, 0.29) is 5.41 Å². The Bertz CT molecular complexity index is 218. The maximum atomic E-state index is 10.9. The molecule has 1 N–H and O–H groups in total. The van der Waals surface area contributed by atoms with E-state index in [4.69, 9.17) is 5.11 Å². The molecule has 0 aromatic rings. The number of hydrogen-bond donors (Lipinski definition) is 1. The zero-order valence-electron chi connectivity index (χ0n) is 8.25. The number of carboxylic acid groups (broad SMARTS) is 1. The molecule has 0 unspecified atom stereocenters. The van der Waals surface area contributed by atoms with Gasteiger partial charge >= 0.3 is 5.97 Å². The largest absolute Gasteiger partial charge is 0.481 e. The van der Waals surface area contributed by atoms with Crippen LogP contribution in [-0.2, 0) is 4.79 Å². The van der Waals surface area contributed by atoms with Crippen LogP contribution >= 0.6 is 0 Å². The van der Waals surface area contributed by atoms with Gasteiger partial charge in [0, 0.05) is 0 Å². The molecular weight excluding hydrogens is 164 g/mol. The summed E-state index contributed by atoms with van der Waals surface area (Å²) in [5.41, 5.74) is -0.359. The van der Waals surface area contributed by atoms with Gasteiger partial charge in [-0.05, 0) is 25.2 Å². The molecule has 0 aromatic heterocycles. The lowest BCUT2D eigenvalue weighted by Crippen LogP contribution is -2.18. The van der Waals surface area contributed by atoms with Crippen LogP contribution in [0.15, 0.2) is 0 Å². The first kappa shape index (κ1) is 9.04. The molecule has 2 fully saturated rings. The van der Waals surface area contributed by atoms with Crippen LogP contribution in [-0.4, -0.2) is 11.1 Å². The van der Waals surface area contributed by atoms with Crippen molar-refractivity contribution in [1.82, 2.24) is 0 Å². The fourth-order valence-corrected chi connectivity index (χ4v) is 2.87. The minimum Gasteiger partial charge on any atom is -0.481 e. The summed E-state index contributed by atoms with van der Waals surface area (Å²) in [5.74, 6) is 0.628. The lowest BCUT2D eigenvalue weighted by molar-refractivity contribution is -0.143. The molecule has 2 aliphatic rings.